The molecule has 0 saturated carbocycles. The van der Waals surface area contributed by atoms with Gasteiger partial charge in [0.05, 0.1) is 46.9 Å². The van der Waals surface area contributed by atoms with Gasteiger partial charge in [0.2, 0.25) is 0 Å². The van der Waals surface area contributed by atoms with Gasteiger partial charge in [0, 0.05) is 6.20 Å². The molecule has 0 radical (unpaired) electrons. The van der Waals surface area contributed by atoms with Crippen LogP contribution in [-0.2, 0) is 24.2 Å². The zero-order valence-electron chi connectivity index (χ0n) is 23.2. The van der Waals surface area contributed by atoms with Gasteiger partial charge in [-0.1, -0.05) is 30.3 Å². The normalized spacial score (nSPS) is 19.2. The number of ether oxygens (including phenoxy) is 1. The van der Waals surface area contributed by atoms with E-state index in [9.17, 15) is 4.79 Å². The maximum Gasteiger partial charge on any atom is 0.420 e. The zero-order chi connectivity index (χ0) is 27.4. The Morgan fingerprint density at radius 3 is 2.42 bits per heavy atom. The van der Waals surface area contributed by atoms with E-state index in [2.05, 4.69) is 33.7 Å². The predicted molar refractivity (Wildman–Crippen MR) is 154 cm³/mol. The number of aromatic nitrogens is 5. The number of imidazole rings is 2. The Bertz CT molecular complexity index is 1730. The lowest BCUT2D eigenvalue weighted by Crippen LogP contribution is -2.31. The van der Waals surface area contributed by atoms with E-state index < -0.39 is 11.7 Å². The molecule has 1 saturated heterocycles. The Morgan fingerprint density at radius 2 is 1.62 bits per heavy atom. The van der Waals surface area contributed by atoms with Crippen LogP contribution in [0.3, 0.4) is 0 Å². The number of likely N-dealkylation sites (tertiary alicyclic amines) is 1. The van der Waals surface area contributed by atoms with Gasteiger partial charge in [0.25, 0.3) is 0 Å². The third-order valence-corrected chi connectivity index (χ3v) is 8.20. The molecular formula is C32H34N6O2. The number of pyridine rings is 1. The molecule has 2 atom stereocenters. The number of carbonyl (C=O) groups is 1. The van der Waals surface area contributed by atoms with E-state index in [0.29, 0.717) is 30.9 Å². The van der Waals surface area contributed by atoms with Crippen LogP contribution in [0.25, 0.3) is 22.1 Å². The van der Waals surface area contributed by atoms with Crippen LogP contribution in [0.1, 0.15) is 62.6 Å². The average molecular weight is 535 g/mol. The van der Waals surface area contributed by atoms with Crippen molar-refractivity contribution in [2.45, 2.75) is 64.8 Å². The van der Waals surface area contributed by atoms with Crippen molar-refractivity contribution in [1.82, 2.24) is 29.0 Å². The predicted octanol–water partition coefficient (Wildman–Crippen LogP) is 6.12. The van der Waals surface area contributed by atoms with Crippen molar-refractivity contribution >= 4 is 28.2 Å². The van der Waals surface area contributed by atoms with Crippen molar-refractivity contribution in [3.05, 3.63) is 89.8 Å². The third kappa shape index (κ3) is 4.36. The zero-order valence-corrected chi connectivity index (χ0v) is 23.2. The number of fused-ring (bicyclic) bond motifs is 5. The average Bonchev–Trinajstić information content (AvgIpc) is 3.62. The molecule has 0 N–H and O–H groups in total. The van der Waals surface area contributed by atoms with E-state index in [1.54, 1.807) is 4.57 Å². The minimum absolute atomic E-state index is 0.310. The summed E-state index contributed by atoms with van der Waals surface area (Å²) >= 11 is 0. The van der Waals surface area contributed by atoms with E-state index in [1.807, 2.05) is 63.4 Å². The summed E-state index contributed by atoms with van der Waals surface area (Å²) in [7, 11) is 0. The highest BCUT2D eigenvalue weighted by Gasteiger charge is 2.40. The summed E-state index contributed by atoms with van der Waals surface area (Å²) in [6.45, 7) is 7.77. The summed E-state index contributed by atoms with van der Waals surface area (Å²) in [5.74, 6) is 2.22. The minimum Gasteiger partial charge on any atom is -0.443 e. The molecule has 2 aromatic carbocycles. The fraction of sp³-hybridized carbons (Fsp3) is 0.375. The third-order valence-electron chi connectivity index (χ3n) is 8.20. The molecule has 8 nitrogen and oxygen atoms in total. The summed E-state index contributed by atoms with van der Waals surface area (Å²) in [6.07, 6.45) is 4.99. The van der Waals surface area contributed by atoms with Gasteiger partial charge in [-0.05, 0) is 88.4 Å². The first-order valence-electron chi connectivity index (χ1n) is 14.2. The number of nitrogens with zero attached hydrogens (tertiary/aromatic N) is 6. The van der Waals surface area contributed by atoms with Gasteiger partial charge in [-0.2, -0.15) is 0 Å². The number of rotatable bonds is 4. The molecule has 5 aromatic rings. The monoisotopic (exact) mass is 534 g/mol. The molecule has 3 aromatic heterocycles. The summed E-state index contributed by atoms with van der Waals surface area (Å²) in [5, 5.41) is 0. The van der Waals surface area contributed by atoms with Crippen molar-refractivity contribution in [3.63, 3.8) is 0 Å². The molecule has 7 rings (SSSR count). The van der Waals surface area contributed by atoms with Crippen molar-refractivity contribution in [2.75, 3.05) is 6.54 Å². The van der Waals surface area contributed by atoms with Gasteiger partial charge < -0.3 is 9.30 Å². The number of benzene rings is 2. The van der Waals surface area contributed by atoms with Crippen molar-refractivity contribution in [2.24, 2.45) is 5.92 Å². The minimum atomic E-state index is -0.622. The number of para-hydroxylation sites is 4. The van der Waals surface area contributed by atoms with Crippen LogP contribution >= 0.6 is 0 Å². The van der Waals surface area contributed by atoms with Gasteiger partial charge in [0.15, 0.2) is 0 Å². The molecule has 4 heterocycles. The van der Waals surface area contributed by atoms with Gasteiger partial charge in [-0.25, -0.2) is 19.3 Å². The van der Waals surface area contributed by atoms with Crippen molar-refractivity contribution in [3.8, 4) is 0 Å². The van der Waals surface area contributed by atoms with Gasteiger partial charge in [-0.3, -0.25) is 9.88 Å². The molecule has 1 aliphatic heterocycles. The Kier molecular flexibility index (Phi) is 5.96. The highest BCUT2D eigenvalue weighted by atomic mass is 16.6. The number of aryl methyl sites for hydroxylation is 1. The number of hydrogen-bond donors (Lipinski definition) is 0. The maximum absolute atomic E-state index is 13.4. The van der Waals surface area contributed by atoms with E-state index in [0.717, 1.165) is 40.9 Å². The first kappa shape index (κ1) is 25.0. The van der Waals surface area contributed by atoms with Crippen LogP contribution in [0.4, 0.5) is 4.79 Å². The van der Waals surface area contributed by atoms with E-state index in [4.69, 9.17) is 19.7 Å². The fourth-order valence-electron chi connectivity index (χ4n) is 6.51. The second-order valence-electron chi connectivity index (χ2n) is 12.0. The van der Waals surface area contributed by atoms with Crippen LogP contribution in [0.2, 0.25) is 0 Å². The summed E-state index contributed by atoms with van der Waals surface area (Å²) in [5.41, 5.74) is 5.45. The molecule has 1 aliphatic carbocycles. The quantitative estimate of drug-likeness (QED) is 0.276. The Labute approximate surface area is 233 Å². The summed E-state index contributed by atoms with van der Waals surface area (Å²) < 4.78 is 9.64. The van der Waals surface area contributed by atoms with E-state index in [1.165, 1.54) is 24.1 Å². The Hall–Kier alpha value is -4.04. The van der Waals surface area contributed by atoms with Gasteiger partial charge in [0.1, 0.15) is 17.2 Å². The summed E-state index contributed by atoms with van der Waals surface area (Å²) in [6, 6.07) is 20.5. The molecule has 1 fully saturated rings. The Balaban J connectivity index is 1.29. The fourth-order valence-corrected chi connectivity index (χ4v) is 6.51. The van der Waals surface area contributed by atoms with Crippen LogP contribution in [0.5, 0.6) is 0 Å². The topological polar surface area (TPSA) is 78.1 Å². The van der Waals surface area contributed by atoms with Crippen LogP contribution in [-0.4, -0.2) is 47.2 Å². The van der Waals surface area contributed by atoms with E-state index in [-0.39, 0.29) is 0 Å². The lowest BCUT2D eigenvalue weighted by molar-refractivity contribution is 0.0538. The smallest absolute Gasteiger partial charge is 0.420 e. The van der Waals surface area contributed by atoms with Crippen LogP contribution < -0.4 is 0 Å². The lowest BCUT2D eigenvalue weighted by atomic mass is 9.83. The van der Waals surface area contributed by atoms with E-state index >= 15 is 0 Å². The highest BCUT2D eigenvalue weighted by Crippen LogP contribution is 2.44. The molecule has 0 spiro atoms. The maximum atomic E-state index is 13.4. The standard InChI is InChI=1S/C32H34N6O2/c1-32(2,3)40-31(39)38-26-13-7-5-11-24(26)35-28(38)20-37-25-12-6-4-10-23(25)34-27(37)19-36-18-16-22-15-14-21-9-8-17-33-29(21)30(22)36/h4-13,17,22,30H,14-16,18-20H2,1-3H3/t22?,30-/m0/s1. The van der Waals surface area contributed by atoms with Crippen LogP contribution in [0.15, 0.2) is 66.9 Å². The molecule has 2 aliphatic rings. The second-order valence-corrected chi connectivity index (χ2v) is 12.0. The molecular weight excluding hydrogens is 500 g/mol. The largest absolute Gasteiger partial charge is 0.443 e. The number of hydrogen-bond acceptors (Lipinski definition) is 6. The van der Waals surface area contributed by atoms with Gasteiger partial charge in [-0.15, -0.1) is 0 Å². The van der Waals surface area contributed by atoms with Crippen molar-refractivity contribution < 1.29 is 9.53 Å². The highest BCUT2D eigenvalue weighted by molar-refractivity contribution is 5.87. The first-order chi connectivity index (χ1) is 19.4. The molecule has 0 bridgehead atoms. The van der Waals surface area contributed by atoms with Gasteiger partial charge >= 0.3 is 6.09 Å². The number of carbonyl (C=O) groups excluding carboxylic acids is 1. The molecule has 40 heavy (non-hydrogen) atoms. The first-order valence-corrected chi connectivity index (χ1v) is 14.2. The van der Waals surface area contributed by atoms with Crippen molar-refractivity contribution in [1.29, 1.82) is 0 Å². The lowest BCUT2D eigenvalue weighted by Gasteiger charge is -2.32. The second kappa shape index (κ2) is 9.55. The van der Waals surface area contributed by atoms with Crippen LogP contribution in [0, 0.1) is 5.92 Å². The Morgan fingerprint density at radius 1 is 0.900 bits per heavy atom. The molecule has 8 heteroatoms. The SMILES string of the molecule is CC(C)(C)OC(=O)n1c(Cn2c(CN3CCC4CCc5cccnc5[C@H]43)nc3ccccc32)nc2ccccc21. The summed E-state index contributed by atoms with van der Waals surface area (Å²) in [4.78, 5) is 30.8. The molecule has 0 amide bonds. The molecule has 1 unspecified atom stereocenters. The molecule has 204 valence electrons.